The summed E-state index contributed by atoms with van der Waals surface area (Å²) in [6.45, 7) is 0. The Labute approximate surface area is 146 Å². The van der Waals surface area contributed by atoms with E-state index in [0.29, 0.717) is 27.8 Å². The van der Waals surface area contributed by atoms with Crippen molar-refractivity contribution in [3.05, 3.63) is 54.4 Å². The normalized spacial score (nSPS) is 13.6. The molecule has 25 heavy (non-hydrogen) atoms. The van der Waals surface area contributed by atoms with Gasteiger partial charge in [0.2, 0.25) is 5.16 Å². The van der Waals surface area contributed by atoms with Crippen LogP contribution in [0.1, 0.15) is 10.4 Å². The topological polar surface area (TPSA) is 107 Å². The van der Waals surface area contributed by atoms with Gasteiger partial charge in [0.25, 0.3) is 11.8 Å². The maximum absolute atomic E-state index is 12.9. The molecule has 0 saturated carbocycles. The number of pyridine rings is 1. The number of amides is 2. The van der Waals surface area contributed by atoms with E-state index < -0.39 is 5.91 Å². The molecule has 3 heterocycles. The summed E-state index contributed by atoms with van der Waals surface area (Å²) in [4.78, 5) is 29.3. The molecule has 3 aromatic rings. The van der Waals surface area contributed by atoms with E-state index in [1.54, 1.807) is 36.4 Å². The van der Waals surface area contributed by atoms with Gasteiger partial charge in [-0.15, -0.1) is 10.2 Å². The Morgan fingerprint density at radius 1 is 1.12 bits per heavy atom. The number of rotatable bonds is 2. The maximum Gasteiger partial charge on any atom is 0.280 e. The first-order chi connectivity index (χ1) is 12.2. The quantitative estimate of drug-likeness (QED) is 0.548. The number of benzene rings is 1. The number of hydrogen-bond donors (Lipinski definition) is 1. The van der Waals surface area contributed by atoms with Crippen LogP contribution >= 0.6 is 11.8 Å². The molecule has 8 nitrogen and oxygen atoms in total. The zero-order chi connectivity index (χ0) is 17.4. The van der Waals surface area contributed by atoms with Crippen molar-refractivity contribution < 1.29 is 9.59 Å². The third kappa shape index (κ3) is 2.54. The summed E-state index contributed by atoms with van der Waals surface area (Å²) in [6.07, 6.45) is 3.00. The molecular weight excluding hydrogens is 340 g/mol. The largest absolute Gasteiger partial charge is 0.398 e. The van der Waals surface area contributed by atoms with Crippen LogP contribution in [0.5, 0.6) is 0 Å². The number of carbonyl (C=O) groups is 2. The molecule has 2 N–H and O–H groups in total. The lowest BCUT2D eigenvalue weighted by Gasteiger charge is -2.27. The maximum atomic E-state index is 12.9. The van der Waals surface area contributed by atoms with Gasteiger partial charge in [-0.1, -0.05) is 23.9 Å². The first kappa shape index (κ1) is 15.3. The predicted molar refractivity (Wildman–Crippen MR) is 92.4 cm³/mol. The lowest BCUT2D eigenvalue weighted by atomic mass is 10.2. The van der Waals surface area contributed by atoms with Gasteiger partial charge in [0.15, 0.2) is 5.82 Å². The zero-order valence-corrected chi connectivity index (χ0v) is 13.7. The highest BCUT2D eigenvalue weighted by Crippen LogP contribution is 2.31. The summed E-state index contributed by atoms with van der Waals surface area (Å²) in [5, 5.41) is 9.76. The van der Waals surface area contributed by atoms with E-state index in [9.17, 15) is 9.59 Å². The smallest absolute Gasteiger partial charge is 0.280 e. The van der Waals surface area contributed by atoms with Crippen LogP contribution in [0, 0.1) is 0 Å². The van der Waals surface area contributed by atoms with E-state index in [1.807, 2.05) is 0 Å². The minimum atomic E-state index is -0.468. The van der Waals surface area contributed by atoms with Crippen molar-refractivity contribution in [1.29, 1.82) is 0 Å². The summed E-state index contributed by atoms with van der Waals surface area (Å²) in [5.41, 5.74) is 7.46. The molecule has 1 aliphatic heterocycles. The Balaban J connectivity index is 1.87. The van der Waals surface area contributed by atoms with Crippen LogP contribution in [-0.2, 0) is 4.79 Å². The fourth-order valence-corrected chi connectivity index (χ4v) is 3.29. The van der Waals surface area contributed by atoms with E-state index >= 15 is 0 Å². The first-order valence-corrected chi connectivity index (χ1v) is 8.36. The summed E-state index contributed by atoms with van der Waals surface area (Å²) in [7, 11) is 0. The molecule has 124 valence electrons. The van der Waals surface area contributed by atoms with Gasteiger partial charge in [-0.2, -0.15) is 9.69 Å². The standard InChI is InChI=1S/C16H12N6O2S/c17-12-4-2-1-3-11(12)14-19-20-16-22(14)21(13(23)9-25-16)15(24)10-5-7-18-8-6-10/h1-8H,9,17H2. The molecule has 0 fully saturated rings. The van der Waals surface area contributed by atoms with Crippen LogP contribution in [-0.4, -0.2) is 37.4 Å². The van der Waals surface area contributed by atoms with Crippen molar-refractivity contribution in [3.8, 4) is 11.4 Å². The van der Waals surface area contributed by atoms with Crippen molar-refractivity contribution >= 4 is 29.3 Å². The number of nitrogens with zero attached hydrogens (tertiary/aromatic N) is 5. The fraction of sp³-hybridized carbons (Fsp3) is 0.0625. The molecule has 1 aliphatic rings. The second-order valence-corrected chi connectivity index (χ2v) is 6.18. The lowest BCUT2D eigenvalue weighted by Crippen LogP contribution is -2.49. The van der Waals surface area contributed by atoms with E-state index in [1.165, 1.54) is 28.8 Å². The number of nitrogen functional groups attached to an aromatic ring is 1. The minimum absolute atomic E-state index is 0.110. The van der Waals surface area contributed by atoms with Crippen molar-refractivity contribution in [3.63, 3.8) is 0 Å². The number of nitrogens with two attached hydrogens (primary N) is 1. The average molecular weight is 352 g/mol. The molecule has 2 aromatic heterocycles. The first-order valence-electron chi connectivity index (χ1n) is 7.37. The molecule has 0 bridgehead atoms. The Morgan fingerprint density at radius 3 is 2.64 bits per heavy atom. The number of hydrogen-bond acceptors (Lipinski definition) is 7. The molecule has 0 atom stereocenters. The summed E-state index contributed by atoms with van der Waals surface area (Å²) in [5.74, 6) is -0.366. The van der Waals surface area contributed by atoms with E-state index in [0.717, 1.165) is 5.01 Å². The average Bonchev–Trinajstić information content (AvgIpc) is 3.06. The number of fused-ring (bicyclic) bond motifs is 1. The SMILES string of the molecule is Nc1ccccc1-c1nnc2n1N(C(=O)c1ccncc1)C(=O)CS2. The van der Waals surface area contributed by atoms with Gasteiger partial charge in [0.1, 0.15) is 0 Å². The zero-order valence-electron chi connectivity index (χ0n) is 12.9. The fourth-order valence-electron chi connectivity index (χ4n) is 2.52. The van der Waals surface area contributed by atoms with Gasteiger partial charge in [0.05, 0.1) is 5.75 Å². The summed E-state index contributed by atoms with van der Waals surface area (Å²) < 4.78 is 1.42. The van der Waals surface area contributed by atoms with Gasteiger partial charge in [-0.05, 0) is 24.3 Å². The molecule has 4 rings (SSSR count). The van der Waals surface area contributed by atoms with Crippen molar-refractivity contribution in [2.45, 2.75) is 5.16 Å². The molecule has 0 spiro atoms. The van der Waals surface area contributed by atoms with Gasteiger partial charge < -0.3 is 5.73 Å². The monoisotopic (exact) mass is 352 g/mol. The van der Waals surface area contributed by atoms with Crippen LogP contribution in [0.3, 0.4) is 0 Å². The van der Waals surface area contributed by atoms with E-state index in [4.69, 9.17) is 5.73 Å². The molecule has 1 aromatic carbocycles. The molecule has 9 heteroatoms. The summed E-state index contributed by atoms with van der Waals surface area (Å²) in [6, 6.07) is 10.2. The minimum Gasteiger partial charge on any atom is -0.398 e. The molecular formula is C16H12N6O2S. The van der Waals surface area contributed by atoms with Crippen LogP contribution in [0.15, 0.2) is 53.9 Å². The van der Waals surface area contributed by atoms with Crippen LogP contribution < -0.4 is 10.7 Å². The van der Waals surface area contributed by atoms with Crippen molar-refractivity contribution in [2.75, 3.05) is 16.5 Å². The number of anilines is 1. The van der Waals surface area contributed by atoms with Gasteiger partial charge in [0, 0.05) is 29.2 Å². The molecule has 0 aliphatic carbocycles. The molecule has 2 amide bonds. The Kier molecular flexibility index (Phi) is 3.69. The highest BCUT2D eigenvalue weighted by molar-refractivity contribution is 7.99. The van der Waals surface area contributed by atoms with Crippen LogP contribution in [0.2, 0.25) is 0 Å². The molecule has 0 unspecified atom stereocenters. The third-order valence-electron chi connectivity index (χ3n) is 3.69. The lowest BCUT2D eigenvalue weighted by molar-refractivity contribution is -0.117. The number of imide groups is 1. The van der Waals surface area contributed by atoms with Crippen LogP contribution in [0.25, 0.3) is 11.4 Å². The Hall–Kier alpha value is -3.20. The predicted octanol–water partition coefficient (Wildman–Crippen LogP) is 1.33. The highest BCUT2D eigenvalue weighted by atomic mass is 32.2. The second kappa shape index (κ2) is 6.02. The second-order valence-electron chi connectivity index (χ2n) is 5.24. The number of para-hydroxylation sites is 1. The number of thioether (sulfide) groups is 1. The number of carbonyl (C=O) groups excluding carboxylic acids is 2. The van der Waals surface area contributed by atoms with Crippen LogP contribution in [0.4, 0.5) is 5.69 Å². The molecule has 0 saturated heterocycles. The van der Waals surface area contributed by atoms with Gasteiger partial charge in [-0.25, -0.2) is 0 Å². The van der Waals surface area contributed by atoms with E-state index in [2.05, 4.69) is 15.2 Å². The summed E-state index contributed by atoms with van der Waals surface area (Å²) >= 11 is 1.23. The highest BCUT2D eigenvalue weighted by Gasteiger charge is 2.35. The van der Waals surface area contributed by atoms with Gasteiger partial charge in [-0.3, -0.25) is 14.6 Å². The van der Waals surface area contributed by atoms with Crippen molar-refractivity contribution in [2.24, 2.45) is 0 Å². The third-order valence-corrected chi connectivity index (χ3v) is 4.60. The van der Waals surface area contributed by atoms with E-state index in [-0.39, 0.29) is 11.7 Å². The number of aromatic nitrogens is 4. The Bertz CT molecular complexity index is 972. The van der Waals surface area contributed by atoms with Crippen molar-refractivity contribution in [1.82, 2.24) is 19.9 Å². The molecule has 0 radical (unpaired) electrons. The van der Waals surface area contributed by atoms with Gasteiger partial charge >= 0.3 is 0 Å². The Morgan fingerprint density at radius 2 is 1.88 bits per heavy atom.